The molecule has 0 spiro atoms. The van der Waals surface area contributed by atoms with Crippen LogP contribution in [0.15, 0.2) is 5.38 Å². The van der Waals surface area contributed by atoms with Crippen molar-refractivity contribution in [2.24, 2.45) is 5.92 Å². The Morgan fingerprint density at radius 2 is 2.37 bits per heavy atom. The standard InChI is InChI=1S/C14H23ClN2OS/c1-11-9-17(7-5-13(11)18)6-3-2-4-14-16-12(8-15)10-19-14/h10-11,13,18H,2-9H2,1H3. The first-order chi connectivity index (χ1) is 9.19. The predicted molar refractivity (Wildman–Crippen MR) is 80.8 cm³/mol. The molecule has 2 heterocycles. The lowest BCUT2D eigenvalue weighted by Gasteiger charge is -2.34. The molecule has 19 heavy (non-hydrogen) atoms. The summed E-state index contributed by atoms with van der Waals surface area (Å²) in [5.41, 5.74) is 1.00. The van der Waals surface area contributed by atoms with Gasteiger partial charge in [0.05, 0.1) is 22.7 Å². The van der Waals surface area contributed by atoms with E-state index in [1.807, 2.05) is 0 Å². The zero-order valence-corrected chi connectivity index (χ0v) is 13.1. The number of rotatable bonds is 6. The van der Waals surface area contributed by atoms with Gasteiger partial charge >= 0.3 is 0 Å². The van der Waals surface area contributed by atoms with Crippen LogP contribution in [-0.4, -0.2) is 40.7 Å². The first kappa shape index (κ1) is 15.2. The molecule has 2 unspecified atom stereocenters. The fourth-order valence-corrected chi connectivity index (χ4v) is 3.63. The van der Waals surface area contributed by atoms with Gasteiger partial charge in [-0.2, -0.15) is 0 Å². The number of halogens is 1. The minimum absolute atomic E-state index is 0.0967. The summed E-state index contributed by atoms with van der Waals surface area (Å²) < 4.78 is 0. The van der Waals surface area contributed by atoms with Gasteiger partial charge in [-0.1, -0.05) is 6.92 Å². The third kappa shape index (κ3) is 4.71. The summed E-state index contributed by atoms with van der Waals surface area (Å²) >= 11 is 7.46. The summed E-state index contributed by atoms with van der Waals surface area (Å²) in [5, 5.41) is 13.0. The van der Waals surface area contributed by atoms with Gasteiger partial charge in [-0.25, -0.2) is 4.98 Å². The number of hydrogen-bond donors (Lipinski definition) is 1. The van der Waals surface area contributed by atoms with Crippen molar-refractivity contribution in [2.75, 3.05) is 19.6 Å². The van der Waals surface area contributed by atoms with E-state index < -0.39 is 0 Å². The van der Waals surface area contributed by atoms with E-state index in [2.05, 4.69) is 22.2 Å². The van der Waals surface area contributed by atoms with Crippen molar-refractivity contribution in [2.45, 2.75) is 44.6 Å². The molecule has 1 aromatic heterocycles. The highest BCUT2D eigenvalue weighted by Gasteiger charge is 2.23. The van der Waals surface area contributed by atoms with E-state index in [1.165, 1.54) is 17.8 Å². The molecule has 3 nitrogen and oxygen atoms in total. The fraction of sp³-hybridized carbons (Fsp3) is 0.786. The van der Waals surface area contributed by atoms with Crippen LogP contribution in [0, 0.1) is 5.92 Å². The van der Waals surface area contributed by atoms with Gasteiger partial charge in [0.1, 0.15) is 0 Å². The number of aromatic nitrogens is 1. The fourth-order valence-electron chi connectivity index (χ4n) is 2.56. The van der Waals surface area contributed by atoms with E-state index in [0.29, 0.717) is 11.8 Å². The molecule has 0 saturated carbocycles. The van der Waals surface area contributed by atoms with E-state index in [-0.39, 0.29) is 6.10 Å². The Morgan fingerprint density at radius 3 is 3.05 bits per heavy atom. The summed E-state index contributed by atoms with van der Waals surface area (Å²) in [7, 11) is 0. The topological polar surface area (TPSA) is 36.4 Å². The molecule has 0 bridgehead atoms. The average molecular weight is 303 g/mol. The maximum absolute atomic E-state index is 9.70. The van der Waals surface area contributed by atoms with Crippen LogP contribution in [0.5, 0.6) is 0 Å². The van der Waals surface area contributed by atoms with Crippen LogP contribution in [0.1, 0.15) is 36.9 Å². The van der Waals surface area contributed by atoms with Gasteiger partial charge in [-0.3, -0.25) is 0 Å². The third-order valence-electron chi connectivity index (χ3n) is 3.80. The molecule has 2 rings (SSSR count). The highest BCUT2D eigenvalue weighted by Crippen LogP contribution is 2.18. The molecular formula is C14H23ClN2OS. The number of aliphatic hydroxyl groups excluding tert-OH is 1. The van der Waals surface area contributed by atoms with Gasteiger partial charge in [0.2, 0.25) is 0 Å². The Hall–Kier alpha value is -0.160. The van der Waals surface area contributed by atoms with E-state index in [9.17, 15) is 5.11 Å². The van der Waals surface area contributed by atoms with Crippen LogP contribution in [0.25, 0.3) is 0 Å². The molecular weight excluding hydrogens is 280 g/mol. The zero-order valence-electron chi connectivity index (χ0n) is 11.5. The molecule has 1 aliphatic heterocycles. The number of aliphatic hydroxyl groups is 1. The molecule has 1 N–H and O–H groups in total. The van der Waals surface area contributed by atoms with Gasteiger partial charge in [-0.05, 0) is 38.1 Å². The molecule has 108 valence electrons. The summed E-state index contributed by atoms with van der Waals surface area (Å²) in [5.74, 6) is 0.934. The van der Waals surface area contributed by atoms with Crippen LogP contribution in [0.3, 0.4) is 0 Å². The Labute approximate surface area is 124 Å². The highest BCUT2D eigenvalue weighted by molar-refractivity contribution is 7.09. The lowest BCUT2D eigenvalue weighted by atomic mass is 9.96. The highest BCUT2D eigenvalue weighted by atomic mass is 35.5. The van der Waals surface area contributed by atoms with Crippen LogP contribution in [0.4, 0.5) is 0 Å². The minimum atomic E-state index is -0.0967. The van der Waals surface area contributed by atoms with Gasteiger partial charge in [0.15, 0.2) is 0 Å². The van der Waals surface area contributed by atoms with E-state index >= 15 is 0 Å². The smallest absolute Gasteiger partial charge is 0.0928 e. The molecule has 1 aromatic rings. The van der Waals surface area contributed by atoms with Crippen LogP contribution in [0.2, 0.25) is 0 Å². The lowest BCUT2D eigenvalue weighted by molar-refractivity contribution is 0.0346. The first-order valence-corrected chi connectivity index (χ1v) is 8.50. The maximum Gasteiger partial charge on any atom is 0.0928 e. The van der Waals surface area contributed by atoms with Crippen molar-refractivity contribution in [1.29, 1.82) is 0 Å². The molecule has 1 aliphatic rings. The summed E-state index contributed by atoms with van der Waals surface area (Å²) in [4.78, 5) is 6.95. The molecule has 1 fully saturated rings. The second-order valence-corrected chi connectivity index (χ2v) is 6.67. The lowest BCUT2D eigenvalue weighted by Crippen LogP contribution is -2.42. The van der Waals surface area contributed by atoms with E-state index in [1.54, 1.807) is 11.3 Å². The number of hydrogen-bond acceptors (Lipinski definition) is 4. The number of nitrogens with zero attached hydrogens (tertiary/aromatic N) is 2. The third-order valence-corrected chi connectivity index (χ3v) is 5.03. The molecule has 1 saturated heterocycles. The normalized spacial score (nSPS) is 24.8. The number of thiazole rings is 1. The minimum Gasteiger partial charge on any atom is -0.393 e. The van der Waals surface area contributed by atoms with Crippen molar-refractivity contribution in [3.8, 4) is 0 Å². The van der Waals surface area contributed by atoms with E-state index in [4.69, 9.17) is 11.6 Å². The van der Waals surface area contributed by atoms with Crippen LogP contribution >= 0.6 is 22.9 Å². The second kappa shape index (κ2) is 7.58. The average Bonchev–Trinajstić information content (AvgIpc) is 2.87. The van der Waals surface area contributed by atoms with Gasteiger partial charge in [0.25, 0.3) is 0 Å². The zero-order chi connectivity index (χ0) is 13.7. The molecule has 0 aromatic carbocycles. The number of aryl methyl sites for hydroxylation is 1. The number of unbranched alkanes of at least 4 members (excludes halogenated alkanes) is 1. The molecule has 0 aliphatic carbocycles. The largest absolute Gasteiger partial charge is 0.393 e. The Balaban J connectivity index is 1.61. The molecule has 0 amide bonds. The summed E-state index contributed by atoms with van der Waals surface area (Å²) in [6.07, 6.45) is 4.28. The Bertz CT molecular complexity index is 385. The predicted octanol–water partition coefficient (Wildman–Crippen LogP) is 2.91. The van der Waals surface area contributed by atoms with Crippen molar-refractivity contribution >= 4 is 22.9 Å². The van der Waals surface area contributed by atoms with Crippen molar-refractivity contribution in [3.63, 3.8) is 0 Å². The number of alkyl halides is 1. The Kier molecular flexibility index (Phi) is 6.07. The van der Waals surface area contributed by atoms with Gasteiger partial charge in [0, 0.05) is 18.5 Å². The molecule has 2 atom stereocenters. The van der Waals surface area contributed by atoms with Gasteiger partial charge in [-0.15, -0.1) is 22.9 Å². The Morgan fingerprint density at radius 1 is 1.53 bits per heavy atom. The summed E-state index contributed by atoms with van der Waals surface area (Å²) in [6.45, 7) is 5.36. The summed E-state index contributed by atoms with van der Waals surface area (Å²) in [6, 6.07) is 0. The second-order valence-electron chi connectivity index (χ2n) is 5.46. The molecule has 5 heteroatoms. The molecule has 0 radical (unpaired) electrons. The SMILES string of the molecule is CC1CN(CCCCc2nc(CCl)cs2)CCC1O. The monoisotopic (exact) mass is 302 g/mol. The van der Waals surface area contributed by atoms with Crippen LogP contribution < -0.4 is 0 Å². The number of piperidine rings is 1. The van der Waals surface area contributed by atoms with Crippen molar-refractivity contribution in [3.05, 3.63) is 16.1 Å². The number of likely N-dealkylation sites (tertiary alicyclic amines) is 1. The van der Waals surface area contributed by atoms with Crippen LogP contribution in [-0.2, 0) is 12.3 Å². The van der Waals surface area contributed by atoms with Gasteiger partial charge < -0.3 is 10.0 Å². The first-order valence-electron chi connectivity index (χ1n) is 7.08. The van der Waals surface area contributed by atoms with Crippen molar-refractivity contribution < 1.29 is 5.11 Å². The van der Waals surface area contributed by atoms with Crippen molar-refractivity contribution in [1.82, 2.24) is 9.88 Å². The quantitative estimate of drug-likeness (QED) is 0.648. The maximum atomic E-state index is 9.70. The van der Waals surface area contributed by atoms with E-state index in [0.717, 1.165) is 38.2 Å².